The van der Waals surface area contributed by atoms with E-state index in [-0.39, 0.29) is 12.2 Å². The van der Waals surface area contributed by atoms with E-state index >= 15 is 0 Å². The fourth-order valence-electron chi connectivity index (χ4n) is 5.07. The molecular formula is C40H57Cl3N6O8. The van der Waals surface area contributed by atoms with E-state index in [1.54, 1.807) is 42.0 Å². The Kier molecular flexibility index (Phi) is 20.6. The van der Waals surface area contributed by atoms with Crippen molar-refractivity contribution in [1.82, 2.24) is 19.8 Å². The Labute approximate surface area is 351 Å². The molecule has 2 amide bonds. The number of likely N-dealkylation sites (tertiary alicyclic amines) is 2. The number of pyridine rings is 2. The molecule has 4 rings (SSSR count). The first-order valence-electron chi connectivity index (χ1n) is 18.8. The molecule has 2 aromatic rings. The molecule has 2 aliphatic heterocycles. The summed E-state index contributed by atoms with van der Waals surface area (Å²) in [6, 6.07) is 3.23. The van der Waals surface area contributed by atoms with Crippen molar-refractivity contribution < 1.29 is 38.1 Å². The fourth-order valence-corrected chi connectivity index (χ4v) is 5.65. The summed E-state index contributed by atoms with van der Waals surface area (Å²) in [7, 11) is 0. The first kappa shape index (κ1) is 49.0. The number of nitrogens with one attached hydrogen (secondary N) is 1. The number of nitrogens with two attached hydrogens (primary N) is 1. The van der Waals surface area contributed by atoms with Crippen molar-refractivity contribution in [3.05, 3.63) is 63.1 Å². The molecular weight excluding hydrogens is 799 g/mol. The number of carbonyl (C=O) groups is 4. The predicted molar refractivity (Wildman–Crippen MR) is 224 cm³/mol. The molecule has 0 atom stereocenters. The molecule has 2 fully saturated rings. The van der Waals surface area contributed by atoms with Crippen molar-refractivity contribution in [2.45, 2.75) is 79.4 Å². The quantitative estimate of drug-likeness (QED) is 0.0909. The van der Waals surface area contributed by atoms with Gasteiger partial charge in [-0.05, 0) is 111 Å². The van der Waals surface area contributed by atoms with E-state index in [1.165, 1.54) is 30.5 Å². The van der Waals surface area contributed by atoms with Crippen molar-refractivity contribution in [3.63, 3.8) is 0 Å². The van der Waals surface area contributed by atoms with Crippen LogP contribution in [0.5, 0.6) is 0 Å². The molecule has 0 saturated carbocycles. The minimum absolute atomic E-state index is 0.203. The molecule has 0 radical (unpaired) electrons. The molecule has 2 saturated heterocycles. The van der Waals surface area contributed by atoms with Crippen LogP contribution in [0.3, 0.4) is 0 Å². The Hall–Kier alpha value is -4.11. The summed E-state index contributed by atoms with van der Waals surface area (Å²) in [6.07, 6.45) is 10.4. The molecule has 4 heterocycles. The zero-order valence-corrected chi connectivity index (χ0v) is 36.4. The largest absolute Gasteiger partial charge is 0.463 e. The third kappa shape index (κ3) is 19.7. The van der Waals surface area contributed by atoms with E-state index in [0.29, 0.717) is 72.1 Å². The second kappa shape index (κ2) is 24.0. The van der Waals surface area contributed by atoms with Gasteiger partial charge in [0.25, 0.3) is 0 Å². The first-order chi connectivity index (χ1) is 26.7. The minimum Gasteiger partial charge on any atom is -0.463 e. The van der Waals surface area contributed by atoms with Crippen LogP contribution in [0.25, 0.3) is 12.2 Å². The zero-order valence-electron chi connectivity index (χ0n) is 34.1. The Morgan fingerprint density at radius 2 is 1.19 bits per heavy atom. The molecule has 14 nitrogen and oxygen atoms in total. The average Bonchev–Trinajstić information content (AvgIpc) is 3.05. The lowest BCUT2D eigenvalue weighted by Crippen LogP contribution is -2.52. The standard InChI is InChI=1S/C20H28ClN3O4.C10H9Cl2NO2.C10H20N2O2/c1-5-27-18(25)7-6-15-11-23-17(21)10-16(15)22-9-8-14-12-24(13-14)19(26)28-20(2,3)4;1-2-15-10(14)4-3-7-6-13-9(12)5-8(7)11;1-10(2,3)14-9(13)12-6-8(7-12)4-5-11/h6-7,10-11,14H,5,8-9,12-13H2,1-4H3,(H,22,23);3-6H,2H2,1H3;8H,4-7,11H2,1-3H3/b7-6+;4-3+;. The molecule has 0 spiro atoms. The van der Waals surface area contributed by atoms with Gasteiger partial charge in [-0.25, -0.2) is 29.1 Å². The highest BCUT2D eigenvalue weighted by molar-refractivity contribution is 6.34. The third-order valence-corrected chi connectivity index (χ3v) is 8.52. The highest BCUT2D eigenvalue weighted by Gasteiger charge is 2.34. The number of carbonyl (C=O) groups excluding carboxylic acids is 4. The van der Waals surface area contributed by atoms with E-state index in [4.69, 9.17) is 59.5 Å². The molecule has 0 aliphatic carbocycles. The lowest BCUT2D eigenvalue weighted by atomic mass is 9.97. The molecule has 3 N–H and O–H groups in total. The van der Waals surface area contributed by atoms with Crippen molar-refractivity contribution in [2.75, 3.05) is 57.8 Å². The maximum atomic E-state index is 12.0. The number of anilines is 1. The normalized spacial score (nSPS) is 14.4. The average molecular weight is 856 g/mol. The molecule has 2 aliphatic rings. The van der Waals surface area contributed by atoms with Gasteiger partial charge in [0.15, 0.2) is 0 Å². The number of aromatic nitrogens is 2. The van der Waals surface area contributed by atoms with Gasteiger partial charge in [0, 0.05) is 74.1 Å². The summed E-state index contributed by atoms with van der Waals surface area (Å²) in [4.78, 5) is 57.3. The SMILES string of the molecule is CC(C)(C)OC(=O)N1CC(CCN)C1.CCOC(=O)/C=C/c1cnc(Cl)cc1Cl.CCOC(=O)/C=C/c1cnc(Cl)cc1NCCC1CN(C(=O)OC(C)(C)C)C1. The molecule has 316 valence electrons. The van der Waals surface area contributed by atoms with Crippen LogP contribution in [0, 0.1) is 11.8 Å². The highest BCUT2D eigenvalue weighted by Crippen LogP contribution is 2.25. The van der Waals surface area contributed by atoms with Crippen LogP contribution >= 0.6 is 34.8 Å². The maximum Gasteiger partial charge on any atom is 0.410 e. The number of ether oxygens (including phenoxy) is 4. The summed E-state index contributed by atoms with van der Waals surface area (Å²) < 4.78 is 20.2. The van der Waals surface area contributed by atoms with E-state index < -0.39 is 23.1 Å². The van der Waals surface area contributed by atoms with E-state index in [0.717, 1.165) is 37.2 Å². The van der Waals surface area contributed by atoms with Crippen molar-refractivity contribution >= 4 is 76.8 Å². The van der Waals surface area contributed by atoms with Gasteiger partial charge in [0.2, 0.25) is 0 Å². The van der Waals surface area contributed by atoms with Crippen LogP contribution in [0.2, 0.25) is 15.3 Å². The second-order valence-electron chi connectivity index (χ2n) is 15.1. The van der Waals surface area contributed by atoms with E-state index in [2.05, 4.69) is 15.3 Å². The monoisotopic (exact) mass is 854 g/mol. The molecule has 0 unspecified atom stereocenters. The Morgan fingerprint density at radius 3 is 1.63 bits per heavy atom. The van der Waals surface area contributed by atoms with Gasteiger partial charge in [-0.3, -0.25) is 0 Å². The highest BCUT2D eigenvalue weighted by atomic mass is 35.5. The number of hydrogen-bond acceptors (Lipinski definition) is 12. The summed E-state index contributed by atoms with van der Waals surface area (Å²) in [5, 5.41) is 4.45. The van der Waals surface area contributed by atoms with Gasteiger partial charge in [-0.15, -0.1) is 0 Å². The Morgan fingerprint density at radius 1 is 0.754 bits per heavy atom. The molecule has 57 heavy (non-hydrogen) atoms. The molecule has 17 heteroatoms. The van der Waals surface area contributed by atoms with Gasteiger partial charge >= 0.3 is 24.1 Å². The third-order valence-electron chi connectivity index (χ3n) is 7.78. The Bertz CT molecular complexity index is 1680. The summed E-state index contributed by atoms with van der Waals surface area (Å²) in [5.74, 6) is 0.187. The summed E-state index contributed by atoms with van der Waals surface area (Å²) >= 11 is 17.5. The minimum atomic E-state index is -0.474. The lowest BCUT2D eigenvalue weighted by molar-refractivity contribution is -0.138. The Balaban J connectivity index is 0.000000325. The van der Waals surface area contributed by atoms with Gasteiger partial charge in [0.1, 0.15) is 21.5 Å². The number of hydrogen-bond donors (Lipinski definition) is 2. The fraction of sp³-hybridized carbons (Fsp3) is 0.550. The van der Waals surface area contributed by atoms with Gasteiger partial charge < -0.3 is 39.8 Å². The molecule has 2 aromatic heterocycles. The zero-order chi connectivity index (χ0) is 42.8. The summed E-state index contributed by atoms with van der Waals surface area (Å²) in [5.41, 5.74) is 6.73. The van der Waals surface area contributed by atoms with Crippen LogP contribution in [-0.4, -0.2) is 108 Å². The molecule has 0 bridgehead atoms. The second-order valence-corrected chi connectivity index (χ2v) is 16.3. The number of rotatable bonds is 12. The van der Waals surface area contributed by atoms with E-state index in [9.17, 15) is 19.2 Å². The van der Waals surface area contributed by atoms with Crippen molar-refractivity contribution in [3.8, 4) is 0 Å². The van der Waals surface area contributed by atoms with E-state index in [1.807, 2.05) is 41.5 Å². The van der Waals surface area contributed by atoms with Crippen LogP contribution in [-0.2, 0) is 28.5 Å². The van der Waals surface area contributed by atoms with Crippen LogP contribution < -0.4 is 11.1 Å². The van der Waals surface area contributed by atoms with Crippen LogP contribution in [0.15, 0.2) is 36.7 Å². The lowest BCUT2D eigenvalue weighted by Gasteiger charge is -2.39. The summed E-state index contributed by atoms with van der Waals surface area (Å²) in [6.45, 7) is 19.8. The van der Waals surface area contributed by atoms with Gasteiger partial charge in [-0.2, -0.15) is 0 Å². The number of nitrogens with zero attached hydrogens (tertiary/aromatic N) is 4. The smallest absolute Gasteiger partial charge is 0.410 e. The number of halogens is 3. The number of esters is 2. The molecule has 0 aromatic carbocycles. The van der Waals surface area contributed by atoms with Crippen molar-refractivity contribution in [1.29, 1.82) is 0 Å². The number of amides is 2. The van der Waals surface area contributed by atoms with Crippen LogP contribution in [0.1, 0.15) is 79.4 Å². The first-order valence-corrected chi connectivity index (χ1v) is 19.9. The van der Waals surface area contributed by atoms with Gasteiger partial charge in [-0.1, -0.05) is 34.8 Å². The van der Waals surface area contributed by atoms with Crippen LogP contribution in [0.4, 0.5) is 15.3 Å². The predicted octanol–water partition coefficient (Wildman–Crippen LogP) is 8.15. The van der Waals surface area contributed by atoms with Crippen molar-refractivity contribution in [2.24, 2.45) is 17.6 Å². The topological polar surface area (TPSA) is 176 Å². The maximum absolute atomic E-state index is 12.0. The van der Waals surface area contributed by atoms with Gasteiger partial charge in [0.05, 0.1) is 18.2 Å².